The summed E-state index contributed by atoms with van der Waals surface area (Å²) in [6.45, 7) is 0.873. The molecule has 1 rings (SSSR count). The minimum Gasteiger partial charge on any atom is -0.392 e. The molecule has 0 fully saturated rings. The van der Waals surface area contributed by atoms with Crippen LogP contribution < -0.4 is 5.73 Å². The monoisotopic (exact) mass is 326 g/mol. The number of alkyl halides is 3. The molecule has 1 aromatic carbocycles. The second-order valence-electron chi connectivity index (χ2n) is 4.15. The summed E-state index contributed by atoms with van der Waals surface area (Å²) >= 11 is 4.60. The van der Waals surface area contributed by atoms with Gasteiger partial charge in [-0.1, -0.05) is 18.3 Å². The van der Waals surface area contributed by atoms with Gasteiger partial charge in [0.05, 0.1) is 22.0 Å². The van der Waals surface area contributed by atoms with E-state index in [1.54, 1.807) is 0 Å². The van der Waals surface area contributed by atoms with Gasteiger partial charge in [-0.05, 0) is 24.6 Å². The summed E-state index contributed by atoms with van der Waals surface area (Å²) in [4.78, 5) is -0.480. The number of likely N-dealkylation sites (N-methyl/N-ethyl adjacent to an activating group) is 1. The van der Waals surface area contributed by atoms with Gasteiger partial charge < -0.3 is 5.73 Å². The smallest absolute Gasteiger partial charge is 0.392 e. The molecule has 0 unspecified atom stereocenters. The maximum atomic E-state index is 12.8. The van der Waals surface area contributed by atoms with Gasteiger partial charge in [0.25, 0.3) is 0 Å². The molecule has 0 bridgehead atoms. The molecule has 112 valence electrons. The lowest BCUT2D eigenvalue weighted by atomic mass is 10.1. The van der Waals surface area contributed by atoms with Crippen LogP contribution in [0.5, 0.6) is 0 Å². The first kappa shape index (κ1) is 16.9. The van der Waals surface area contributed by atoms with E-state index in [1.165, 1.54) is 7.05 Å². The molecule has 2 N–H and O–H groups in total. The number of hydrogen-bond acceptors (Lipinski definition) is 3. The zero-order valence-corrected chi connectivity index (χ0v) is 12.4. The highest BCUT2D eigenvalue weighted by Gasteiger charge is 2.35. The van der Waals surface area contributed by atoms with E-state index in [-0.39, 0.29) is 17.1 Å². The number of rotatable bonds is 4. The molecule has 4 nitrogen and oxygen atoms in total. The summed E-state index contributed by atoms with van der Waals surface area (Å²) in [5, 5.41) is 0. The molecule has 0 saturated heterocycles. The standard InChI is InChI=1S/C11H13F3N2O2S2/c1-7-8(11(12,13)14)4-3-5-9(7)20(17,18)16(2)6-10(15)19/h3-5H,6H2,1-2H3,(H2,15,19). The maximum absolute atomic E-state index is 12.8. The Hall–Kier alpha value is -1.19. The molecule has 0 spiro atoms. The maximum Gasteiger partial charge on any atom is 0.416 e. The molecule has 0 aliphatic rings. The van der Waals surface area contributed by atoms with E-state index in [2.05, 4.69) is 12.2 Å². The number of hydrogen-bond donors (Lipinski definition) is 1. The van der Waals surface area contributed by atoms with Gasteiger partial charge in [0.1, 0.15) is 0 Å². The predicted molar refractivity (Wildman–Crippen MR) is 72.8 cm³/mol. The van der Waals surface area contributed by atoms with Crippen LogP contribution in [0.2, 0.25) is 0 Å². The normalized spacial score (nSPS) is 12.7. The SMILES string of the molecule is Cc1c(C(F)(F)F)cccc1S(=O)(=O)N(C)CC(N)=S. The van der Waals surface area contributed by atoms with Crippen LogP contribution in [0.15, 0.2) is 23.1 Å². The Morgan fingerprint density at radius 1 is 1.40 bits per heavy atom. The van der Waals surface area contributed by atoms with Crippen LogP contribution in [0.3, 0.4) is 0 Å². The van der Waals surface area contributed by atoms with E-state index in [4.69, 9.17) is 5.73 Å². The minimum absolute atomic E-state index is 0.0688. The van der Waals surface area contributed by atoms with Crippen LogP contribution in [0.1, 0.15) is 11.1 Å². The molecule has 0 heterocycles. The minimum atomic E-state index is -4.61. The van der Waals surface area contributed by atoms with Gasteiger partial charge in [-0.15, -0.1) is 0 Å². The number of thiocarbonyl (C=S) groups is 1. The lowest BCUT2D eigenvalue weighted by molar-refractivity contribution is -0.138. The Morgan fingerprint density at radius 3 is 2.40 bits per heavy atom. The van der Waals surface area contributed by atoms with Gasteiger partial charge in [-0.3, -0.25) is 0 Å². The topological polar surface area (TPSA) is 63.4 Å². The van der Waals surface area contributed by atoms with E-state index < -0.39 is 26.7 Å². The lowest BCUT2D eigenvalue weighted by Gasteiger charge is -2.19. The highest BCUT2D eigenvalue weighted by atomic mass is 32.2. The van der Waals surface area contributed by atoms with Gasteiger partial charge >= 0.3 is 6.18 Å². The molecule has 20 heavy (non-hydrogen) atoms. The fourth-order valence-corrected chi connectivity index (χ4v) is 3.34. The molecule has 9 heteroatoms. The Balaban J connectivity index is 3.37. The molecule has 0 aromatic heterocycles. The highest BCUT2D eigenvalue weighted by molar-refractivity contribution is 7.89. The molecular formula is C11H13F3N2O2S2. The second-order valence-corrected chi connectivity index (χ2v) is 6.69. The van der Waals surface area contributed by atoms with Crippen molar-refractivity contribution in [1.29, 1.82) is 0 Å². The zero-order valence-electron chi connectivity index (χ0n) is 10.7. The van der Waals surface area contributed by atoms with Gasteiger partial charge in [0.15, 0.2) is 0 Å². The lowest BCUT2D eigenvalue weighted by Crippen LogP contribution is -2.35. The first-order valence-electron chi connectivity index (χ1n) is 5.39. The summed E-state index contributed by atoms with van der Waals surface area (Å²) in [5.74, 6) is 0. The van der Waals surface area contributed by atoms with E-state index >= 15 is 0 Å². The third-order valence-electron chi connectivity index (χ3n) is 2.66. The van der Waals surface area contributed by atoms with Crippen molar-refractivity contribution in [1.82, 2.24) is 4.31 Å². The predicted octanol–water partition coefficient (Wildman–Crippen LogP) is 1.92. The van der Waals surface area contributed by atoms with Crippen molar-refractivity contribution in [3.8, 4) is 0 Å². The van der Waals surface area contributed by atoms with Crippen LogP contribution in [0, 0.1) is 6.92 Å². The summed E-state index contributed by atoms with van der Waals surface area (Å²) < 4.78 is 63.6. The summed E-state index contributed by atoms with van der Waals surface area (Å²) in [5.41, 5.74) is 3.91. The fraction of sp³-hybridized carbons (Fsp3) is 0.364. The number of nitrogens with zero attached hydrogens (tertiary/aromatic N) is 1. The van der Waals surface area contributed by atoms with E-state index in [9.17, 15) is 21.6 Å². The molecule has 0 aliphatic carbocycles. The number of halogens is 3. The van der Waals surface area contributed by atoms with E-state index in [1.807, 2.05) is 0 Å². The Bertz CT molecular complexity index is 627. The van der Waals surface area contributed by atoms with Crippen molar-refractivity contribution in [2.75, 3.05) is 13.6 Å². The summed E-state index contributed by atoms with van der Waals surface area (Å²) in [7, 11) is -2.88. The molecular weight excluding hydrogens is 313 g/mol. The molecule has 0 saturated carbocycles. The van der Waals surface area contributed by atoms with Gasteiger partial charge in [-0.2, -0.15) is 17.5 Å². The zero-order chi connectivity index (χ0) is 15.7. The van der Waals surface area contributed by atoms with Crippen molar-refractivity contribution < 1.29 is 21.6 Å². The molecule has 0 amide bonds. The van der Waals surface area contributed by atoms with Crippen LogP contribution in [-0.2, 0) is 16.2 Å². The summed E-state index contributed by atoms with van der Waals surface area (Å²) in [6.07, 6.45) is -4.61. The molecule has 1 aromatic rings. The average molecular weight is 326 g/mol. The van der Waals surface area contributed by atoms with Crippen molar-refractivity contribution in [3.63, 3.8) is 0 Å². The first-order valence-corrected chi connectivity index (χ1v) is 7.24. The van der Waals surface area contributed by atoms with Crippen LogP contribution >= 0.6 is 12.2 Å². The highest BCUT2D eigenvalue weighted by Crippen LogP contribution is 2.34. The van der Waals surface area contributed by atoms with Crippen molar-refractivity contribution >= 4 is 27.2 Å². The van der Waals surface area contributed by atoms with E-state index in [0.29, 0.717) is 0 Å². The Morgan fingerprint density at radius 2 is 1.95 bits per heavy atom. The second kappa shape index (κ2) is 5.66. The fourth-order valence-electron chi connectivity index (χ4n) is 1.67. The largest absolute Gasteiger partial charge is 0.416 e. The van der Waals surface area contributed by atoms with Gasteiger partial charge in [0.2, 0.25) is 10.0 Å². The average Bonchev–Trinajstić information content (AvgIpc) is 2.26. The van der Waals surface area contributed by atoms with Crippen LogP contribution in [-0.4, -0.2) is 31.3 Å². The van der Waals surface area contributed by atoms with Gasteiger partial charge in [0, 0.05) is 7.05 Å². The third kappa shape index (κ3) is 3.47. The Kier molecular flexibility index (Phi) is 4.78. The van der Waals surface area contributed by atoms with E-state index in [0.717, 1.165) is 29.4 Å². The number of benzene rings is 1. The first-order chi connectivity index (χ1) is 8.98. The van der Waals surface area contributed by atoms with Crippen molar-refractivity contribution in [2.24, 2.45) is 5.73 Å². The Labute approximate surface area is 120 Å². The van der Waals surface area contributed by atoms with Crippen LogP contribution in [0.4, 0.5) is 13.2 Å². The molecule has 0 aliphatic heterocycles. The number of nitrogens with two attached hydrogens (primary N) is 1. The van der Waals surface area contributed by atoms with Crippen LogP contribution in [0.25, 0.3) is 0 Å². The van der Waals surface area contributed by atoms with Gasteiger partial charge in [-0.25, -0.2) is 8.42 Å². The third-order valence-corrected chi connectivity index (χ3v) is 4.73. The molecule has 0 radical (unpaired) electrons. The van der Waals surface area contributed by atoms with Crippen molar-refractivity contribution in [2.45, 2.75) is 18.0 Å². The summed E-state index contributed by atoms with van der Waals surface area (Å²) in [6, 6.07) is 3.01. The van der Waals surface area contributed by atoms with Crippen molar-refractivity contribution in [3.05, 3.63) is 29.3 Å². The quantitative estimate of drug-likeness (QED) is 0.859. The number of sulfonamides is 1. The molecule has 0 atom stereocenters.